The Bertz CT molecular complexity index is 927. The number of nitrogens with one attached hydrogen (secondary N) is 1. The number of rotatable bonds is 4. The first-order valence-electron chi connectivity index (χ1n) is 16.2. The summed E-state index contributed by atoms with van der Waals surface area (Å²) in [7, 11) is 0. The molecule has 1 heterocycles. The van der Waals surface area contributed by atoms with Crippen molar-refractivity contribution in [2.45, 2.75) is 136 Å². The normalized spacial score (nSPS) is 32.6. The maximum Gasteiger partial charge on any atom is 0.334 e. The molecule has 0 aliphatic carbocycles. The molecule has 246 valence electrons. The lowest BCUT2D eigenvalue weighted by atomic mass is 9.95. The summed E-state index contributed by atoms with van der Waals surface area (Å²) in [5.41, 5.74) is 1.13. The van der Waals surface area contributed by atoms with Crippen LogP contribution in [0.1, 0.15) is 111 Å². The Kier molecular flexibility index (Phi) is 20.0. The Balaban J connectivity index is 2.97. The number of ketones is 1. The van der Waals surface area contributed by atoms with Crippen LogP contribution < -0.4 is 5.32 Å². The zero-order valence-electron chi connectivity index (χ0n) is 26.8. The number of aliphatic hydroxyl groups is 4. The van der Waals surface area contributed by atoms with Gasteiger partial charge >= 0.3 is 5.97 Å². The van der Waals surface area contributed by atoms with Crippen LogP contribution >= 0.6 is 0 Å². The van der Waals surface area contributed by atoms with Crippen molar-refractivity contribution in [3.63, 3.8) is 0 Å². The molecule has 43 heavy (non-hydrogen) atoms. The van der Waals surface area contributed by atoms with E-state index < -0.39 is 36.3 Å². The highest BCUT2D eigenvalue weighted by Gasteiger charge is 2.25. The van der Waals surface area contributed by atoms with E-state index in [-0.39, 0.29) is 37.7 Å². The highest BCUT2D eigenvalue weighted by Crippen LogP contribution is 2.19. The maximum absolute atomic E-state index is 12.8. The molecule has 6 atom stereocenters. The zero-order chi connectivity index (χ0) is 32.2. The number of allylic oxidation sites excluding steroid dienone is 4. The van der Waals surface area contributed by atoms with Crippen LogP contribution in [0.4, 0.5) is 0 Å². The molecule has 9 heteroatoms. The molecule has 0 bridgehead atoms. The number of carbonyl (C=O) groups excluding carboxylic acids is 3. The fraction of sp³-hybridized carbons (Fsp3) is 0.735. The molecule has 0 fully saturated rings. The third kappa shape index (κ3) is 16.9. The molecular weight excluding hydrogens is 550 g/mol. The molecule has 5 N–H and O–H groups in total. The van der Waals surface area contributed by atoms with Gasteiger partial charge in [-0.15, -0.1) is 0 Å². The summed E-state index contributed by atoms with van der Waals surface area (Å²) in [6.07, 6.45) is 10.8. The summed E-state index contributed by atoms with van der Waals surface area (Å²) in [6, 6.07) is 0. The lowest BCUT2D eigenvalue weighted by Crippen LogP contribution is -2.42. The molecular formula is C34H57NO8. The van der Waals surface area contributed by atoms with Crippen molar-refractivity contribution in [2.24, 2.45) is 11.8 Å². The predicted molar refractivity (Wildman–Crippen MR) is 168 cm³/mol. The van der Waals surface area contributed by atoms with Gasteiger partial charge in [0.25, 0.3) is 5.91 Å². The number of ether oxygens (including phenoxy) is 1. The first kappa shape index (κ1) is 38.7. The molecule has 0 aromatic rings. The Labute approximate surface area is 258 Å². The van der Waals surface area contributed by atoms with Crippen LogP contribution in [0, 0.1) is 11.8 Å². The third-order valence-electron chi connectivity index (χ3n) is 8.02. The van der Waals surface area contributed by atoms with Crippen molar-refractivity contribution >= 4 is 17.7 Å². The Hall–Kier alpha value is -2.33. The minimum atomic E-state index is -1.22. The number of carbonyl (C=O) groups is 3. The van der Waals surface area contributed by atoms with E-state index in [4.69, 9.17) is 4.74 Å². The largest absolute Gasteiger partial charge is 0.449 e. The molecule has 1 aliphatic rings. The second-order valence-electron chi connectivity index (χ2n) is 12.0. The molecule has 1 aliphatic heterocycles. The molecule has 0 aromatic carbocycles. The van der Waals surface area contributed by atoms with Gasteiger partial charge in [-0.1, -0.05) is 57.9 Å². The van der Waals surface area contributed by atoms with Crippen LogP contribution in [-0.4, -0.2) is 75.7 Å². The number of cyclic esters (lactones) is 1. The molecule has 1 amide bonds. The van der Waals surface area contributed by atoms with Crippen LogP contribution in [0.3, 0.4) is 0 Å². The van der Waals surface area contributed by atoms with Gasteiger partial charge in [0, 0.05) is 31.4 Å². The summed E-state index contributed by atoms with van der Waals surface area (Å²) < 4.78 is 5.50. The average Bonchev–Trinajstić information content (AvgIpc) is 2.97. The maximum atomic E-state index is 12.8. The Morgan fingerprint density at radius 1 is 0.953 bits per heavy atom. The highest BCUT2D eigenvalue weighted by atomic mass is 16.5. The van der Waals surface area contributed by atoms with Crippen LogP contribution in [0.5, 0.6) is 0 Å². The van der Waals surface area contributed by atoms with E-state index in [1.807, 2.05) is 32.1 Å². The van der Waals surface area contributed by atoms with Crippen molar-refractivity contribution in [1.29, 1.82) is 0 Å². The van der Waals surface area contributed by atoms with Crippen molar-refractivity contribution in [3.8, 4) is 0 Å². The topological polar surface area (TPSA) is 153 Å². The average molecular weight is 608 g/mol. The molecule has 1 unspecified atom stereocenters. The second-order valence-corrected chi connectivity index (χ2v) is 12.0. The number of amides is 1. The number of aliphatic hydroxyl groups excluding tert-OH is 4. The van der Waals surface area contributed by atoms with Crippen LogP contribution in [-0.2, 0) is 19.1 Å². The van der Waals surface area contributed by atoms with Crippen molar-refractivity contribution < 1.29 is 39.5 Å². The van der Waals surface area contributed by atoms with Gasteiger partial charge < -0.3 is 30.5 Å². The van der Waals surface area contributed by atoms with Crippen molar-refractivity contribution in [3.05, 3.63) is 35.5 Å². The summed E-state index contributed by atoms with van der Waals surface area (Å²) in [6.45, 7) is 7.31. The van der Waals surface area contributed by atoms with E-state index in [2.05, 4.69) is 18.3 Å². The first-order chi connectivity index (χ1) is 20.5. The van der Waals surface area contributed by atoms with E-state index in [1.54, 1.807) is 6.92 Å². The minimum Gasteiger partial charge on any atom is -0.449 e. The van der Waals surface area contributed by atoms with Gasteiger partial charge in [-0.05, 0) is 75.7 Å². The molecule has 0 spiro atoms. The van der Waals surface area contributed by atoms with Crippen LogP contribution in [0.15, 0.2) is 35.5 Å². The molecule has 0 radical (unpaired) electrons. The fourth-order valence-corrected chi connectivity index (χ4v) is 5.16. The zero-order valence-corrected chi connectivity index (χ0v) is 26.8. The van der Waals surface area contributed by atoms with Gasteiger partial charge in [0.05, 0.1) is 24.9 Å². The van der Waals surface area contributed by atoms with Crippen LogP contribution in [0.25, 0.3) is 0 Å². The summed E-state index contributed by atoms with van der Waals surface area (Å²) in [5.74, 6) is -0.392. The predicted octanol–water partition coefficient (Wildman–Crippen LogP) is 4.46. The van der Waals surface area contributed by atoms with E-state index in [9.17, 15) is 34.8 Å². The number of esters is 1. The molecule has 1 rings (SSSR count). The van der Waals surface area contributed by atoms with Crippen molar-refractivity contribution in [2.75, 3.05) is 13.2 Å². The standard InChI is InChI=1S/C34H57NO8/c1-5-11-32-33(41)35-22-29(38)21-31(40)30(39)19-18-27(23-36)15-9-13-26(6-2)14-10-17-28(37)16-8-7-12-24(3)20-25(4)34(42)43-32/h9,13,15,20,24,26,29-32,36,38-40H,5-8,10-12,14,16-19,21-23H2,1-4H3,(H,35,41)/b13-9+,25-20+,27-15-/t24-,26?,29+,30-,31+,32+/m1/s1. The molecule has 0 saturated heterocycles. The first-order valence-corrected chi connectivity index (χ1v) is 16.2. The quantitative estimate of drug-likeness (QED) is 0.294. The van der Waals surface area contributed by atoms with E-state index in [0.717, 1.165) is 38.5 Å². The third-order valence-corrected chi connectivity index (χ3v) is 8.02. The highest BCUT2D eigenvalue weighted by molar-refractivity contribution is 5.91. The monoisotopic (exact) mass is 607 g/mol. The second kappa shape index (κ2) is 22.2. The van der Waals surface area contributed by atoms with E-state index >= 15 is 0 Å². The van der Waals surface area contributed by atoms with Gasteiger partial charge in [-0.3, -0.25) is 9.59 Å². The fourth-order valence-electron chi connectivity index (χ4n) is 5.16. The lowest BCUT2D eigenvalue weighted by molar-refractivity contribution is -0.152. The van der Waals surface area contributed by atoms with Gasteiger partial charge in [0.1, 0.15) is 5.78 Å². The van der Waals surface area contributed by atoms with Gasteiger partial charge in [-0.2, -0.15) is 0 Å². The Morgan fingerprint density at radius 2 is 1.67 bits per heavy atom. The van der Waals surface area contributed by atoms with E-state index in [1.165, 1.54) is 0 Å². The summed E-state index contributed by atoms with van der Waals surface area (Å²) >= 11 is 0. The summed E-state index contributed by atoms with van der Waals surface area (Å²) in [5, 5.41) is 43.6. The van der Waals surface area contributed by atoms with Gasteiger partial charge in [-0.25, -0.2) is 4.79 Å². The molecule has 0 saturated carbocycles. The number of hydrogen-bond donors (Lipinski definition) is 5. The number of β-amino-alcohol motifs (C(OH)–C–C–N with tert-alkyl or cyclic N) is 1. The Morgan fingerprint density at radius 3 is 2.35 bits per heavy atom. The van der Waals surface area contributed by atoms with E-state index in [0.29, 0.717) is 49.2 Å². The summed E-state index contributed by atoms with van der Waals surface area (Å²) in [4.78, 5) is 37.9. The van der Waals surface area contributed by atoms with Crippen molar-refractivity contribution in [1.82, 2.24) is 5.32 Å². The lowest BCUT2D eigenvalue weighted by Gasteiger charge is -2.22. The van der Waals surface area contributed by atoms with Crippen LogP contribution in [0.2, 0.25) is 0 Å². The number of hydrogen-bond acceptors (Lipinski definition) is 8. The number of Topliss-reactive ketones (excluding diaryl/α,β-unsaturated/α-hetero) is 1. The smallest absolute Gasteiger partial charge is 0.334 e. The SMILES string of the molecule is CCC[C@@H]1OC(=O)/C(C)=C/[C@H](C)CCCCC(=O)CCCC(CC)/C=C/C=C(\CO)CC[C@@H](O)[C@@H](O)C[C@H](O)CNC1=O. The van der Waals surface area contributed by atoms with Gasteiger partial charge in [0.2, 0.25) is 0 Å². The minimum absolute atomic E-state index is 0.113. The molecule has 0 aromatic heterocycles. The molecule has 9 nitrogen and oxygen atoms in total. The van der Waals surface area contributed by atoms with Gasteiger partial charge in [0.15, 0.2) is 6.10 Å².